The number of hydrogen-bond donors (Lipinski definition) is 2. The fourth-order valence-corrected chi connectivity index (χ4v) is 5.97. The summed E-state index contributed by atoms with van der Waals surface area (Å²) in [5.41, 5.74) is 2.23. The number of rotatable bonds is 7. The van der Waals surface area contributed by atoms with Crippen molar-refractivity contribution in [3.63, 3.8) is 0 Å². The zero-order chi connectivity index (χ0) is 29.4. The van der Waals surface area contributed by atoms with Gasteiger partial charge in [0.15, 0.2) is 5.82 Å². The second-order valence-electron chi connectivity index (χ2n) is 11.3. The lowest BCUT2D eigenvalue weighted by Gasteiger charge is -2.38. The Morgan fingerprint density at radius 2 is 1.98 bits per heavy atom. The molecule has 4 aromatic rings. The lowest BCUT2D eigenvalue weighted by atomic mass is 10.0. The van der Waals surface area contributed by atoms with Crippen LogP contribution in [0.25, 0.3) is 21.8 Å². The first kappa shape index (κ1) is 27.8. The van der Waals surface area contributed by atoms with E-state index in [-0.39, 0.29) is 36.1 Å². The summed E-state index contributed by atoms with van der Waals surface area (Å²) < 4.78 is 22.1. The van der Waals surface area contributed by atoms with Crippen LogP contribution >= 0.6 is 0 Å². The standard InChI is InChI=1S/C30H35FN8O3/c1-18-15-39(16-19(2)33-18)25-8-7-22(29(41)34-21-12-20-17-37(3)36-27(20)24(31)13-21)28-23(25)14-32-30(35-28)42-11-10-38-9-5-4-6-26(38)40/h7-8,12-14,17-19,33H,4-6,9-11,15-16H2,1-3H3,(H,34,41)/t18-,19-/m0/s1. The Morgan fingerprint density at radius 1 is 1.17 bits per heavy atom. The molecule has 0 spiro atoms. The van der Waals surface area contributed by atoms with Gasteiger partial charge in [-0.05, 0) is 51.0 Å². The van der Waals surface area contributed by atoms with Gasteiger partial charge in [-0.2, -0.15) is 10.1 Å². The smallest absolute Gasteiger partial charge is 0.317 e. The molecule has 2 N–H and O–H groups in total. The molecule has 2 aromatic heterocycles. The minimum absolute atomic E-state index is 0.128. The van der Waals surface area contributed by atoms with E-state index in [1.54, 1.807) is 36.5 Å². The van der Waals surface area contributed by atoms with Gasteiger partial charge in [-0.25, -0.2) is 9.37 Å². The number of aromatic nitrogens is 4. The summed E-state index contributed by atoms with van der Waals surface area (Å²) in [6, 6.07) is 7.30. The van der Waals surface area contributed by atoms with E-state index in [2.05, 4.69) is 44.4 Å². The molecule has 0 saturated carbocycles. The number of fused-ring (bicyclic) bond motifs is 2. The molecule has 2 atom stereocenters. The predicted octanol–water partition coefficient (Wildman–Crippen LogP) is 3.49. The Labute approximate surface area is 243 Å². The highest BCUT2D eigenvalue weighted by Gasteiger charge is 2.25. The van der Waals surface area contributed by atoms with Gasteiger partial charge in [0.05, 0.1) is 17.6 Å². The highest BCUT2D eigenvalue weighted by atomic mass is 19.1. The van der Waals surface area contributed by atoms with Gasteiger partial charge in [0, 0.05) is 79.7 Å². The third-order valence-corrected chi connectivity index (χ3v) is 7.80. The first-order valence-corrected chi connectivity index (χ1v) is 14.4. The molecule has 2 aliphatic rings. The quantitative estimate of drug-likeness (QED) is 0.345. The molecule has 0 radical (unpaired) electrons. The van der Waals surface area contributed by atoms with Gasteiger partial charge in [0.1, 0.15) is 12.1 Å². The van der Waals surface area contributed by atoms with Crippen molar-refractivity contribution in [3.05, 3.63) is 48.0 Å². The van der Waals surface area contributed by atoms with E-state index < -0.39 is 11.7 Å². The van der Waals surface area contributed by atoms with Gasteiger partial charge in [0.2, 0.25) is 5.91 Å². The lowest BCUT2D eigenvalue weighted by Crippen LogP contribution is -2.54. The van der Waals surface area contributed by atoms with Crippen LogP contribution in [0.1, 0.15) is 43.5 Å². The summed E-state index contributed by atoms with van der Waals surface area (Å²) >= 11 is 0. The second-order valence-corrected chi connectivity index (χ2v) is 11.3. The van der Waals surface area contributed by atoms with Crippen LogP contribution in [0.5, 0.6) is 6.01 Å². The van der Waals surface area contributed by atoms with Crippen LogP contribution in [-0.4, -0.2) is 81.3 Å². The number of anilines is 2. The Morgan fingerprint density at radius 3 is 2.76 bits per heavy atom. The Kier molecular flexibility index (Phi) is 7.63. The number of amides is 2. The Balaban J connectivity index is 1.31. The van der Waals surface area contributed by atoms with E-state index in [4.69, 9.17) is 4.74 Å². The number of likely N-dealkylation sites (tertiary alicyclic amines) is 1. The van der Waals surface area contributed by atoms with Crippen molar-refractivity contribution >= 4 is 45.0 Å². The van der Waals surface area contributed by atoms with Crippen LogP contribution in [0.2, 0.25) is 0 Å². The molecule has 0 bridgehead atoms. The summed E-state index contributed by atoms with van der Waals surface area (Å²) in [4.78, 5) is 39.0. The topological polar surface area (TPSA) is 118 Å². The molecule has 2 aliphatic heterocycles. The fourth-order valence-electron chi connectivity index (χ4n) is 5.97. The van der Waals surface area contributed by atoms with Crippen molar-refractivity contribution in [1.82, 2.24) is 30.0 Å². The highest BCUT2D eigenvalue weighted by Crippen LogP contribution is 2.31. The Hall–Kier alpha value is -4.32. The number of piperazine rings is 1. The number of benzene rings is 2. The lowest BCUT2D eigenvalue weighted by molar-refractivity contribution is -0.133. The largest absolute Gasteiger partial charge is 0.462 e. The van der Waals surface area contributed by atoms with E-state index in [9.17, 15) is 14.0 Å². The molecule has 0 aliphatic carbocycles. The van der Waals surface area contributed by atoms with Crippen LogP contribution < -0.4 is 20.3 Å². The van der Waals surface area contributed by atoms with E-state index >= 15 is 0 Å². The summed E-state index contributed by atoms with van der Waals surface area (Å²) in [6.07, 6.45) is 5.86. The molecule has 6 rings (SSSR count). The molecule has 2 fully saturated rings. The maximum atomic E-state index is 14.7. The molecule has 0 unspecified atom stereocenters. The number of carbonyl (C=O) groups is 2. The van der Waals surface area contributed by atoms with Crippen molar-refractivity contribution < 1.29 is 18.7 Å². The number of nitrogens with one attached hydrogen (secondary N) is 2. The molecule has 11 nitrogen and oxygen atoms in total. The molecule has 220 valence electrons. The molecule has 42 heavy (non-hydrogen) atoms. The van der Waals surface area contributed by atoms with Gasteiger partial charge < -0.3 is 25.2 Å². The zero-order valence-electron chi connectivity index (χ0n) is 24.1. The van der Waals surface area contributed by atoms with Crippen LogP contribution in [0.3, 0.4) is 0 Å². The molecule has 2 saturated heterocycles. The number of piperidine rings is 1. The van der Waals surface area contributed by atoms with Crippen LogP contribution in [0.15, 0.2) is 36.7 Å². The second kappa shape index (κ2) is 11.5. The molecule has 4 heterocycles. The summed E-state index contributed by atoms with van der Waals surface area (Å²) in [5.74, 6) is -0.816. The van der Waals surface area contributed by atoms with Gasteiger partial charge >= 0.3 is 6.01 Å². The highest BCUT2D eigenvalue weighted by molar-refractivity contribution is 6.14. The Bertz CT molecular complexity index is 1650. The third-order valence-electron chi connectivity index (χ3n) is 7.80. The van der Waals surface area contributed by atoms with Crippen molar-refractivity contribution in [2.45, 2.75) is 45.2 Å². The number of ether oxygens (including phenoxy) is 1. The zero-order valence-corrected chi connectivity index (χ0v) is 24.1. The van der Waals surface area contributed by atoms with Gasteiger partial charge in [0.25, 0.3) is 5.91 Å². The summed E-state index contributed by atoms with van der Waals surface area (Å²) in [6.45, 7) is 7.28. The molecular formula is C30H35FN8O3. The van der Waals surface area contributed by atoms with Crippen LogP contribution in [-0.2, 0) is 11.8 Å². The van der Waals surface area contributed by atoms with Crippen molar-refractivity contribution in [2.75, 3.05) is 43.0 Å². The van der Waals surface area contributed by atoms with Crippen LogP contribution in [0.4, 0.5) is 15.8 Å². The molecule has 12 heteroatoms. The molecular weight excluding hydrogens is 539 g/mol. The maximum absolute atomic E-state index is 14.7. The van der Waals surface area contributed by atoms with Crippen molar-refractivity contribution in [3.8, 4) is 6.01 Å². The average molecular weight is 575 g/mol. The molecule has 2 amide bonds. The van der Waals surface area contributed by atoms with E-state index in [1.165, 1.54) is 10.7 Å². The minimum atomic E-state index is -0.518. The number of halogens is 1. The number of carbonyl (C=O) groups excluding carboxylic acids is 2. The minimum Gasteiger partial charge on any atom is -0.462 e. The SMILES string of the molecule is C[C@H]1CN(c2ccc(C(=O)Nc3cc(F)c4nn(C)cc4c3)c3nc(OCCN4CCCCC4=O)ncc23)C[C@H](C)N1. The first-order chi connectivity index (χ1) is 20.2. The van der Waals surface area contributed by atoms with Gasteiger partial charge in [-0.1, -0.05) is 0 Å². The van der Waals surface area contributed by atoms with Crippen molar-refractivity contribution in [1.29, 1.82) is 0 Å². The fraction of sp³-hybridized carbons (Fsp3) is 0.433. The van der Waals surface area contributed by atoms with E-state index in [0.29, 0.717) is 35.1 Å². The normalized spacial score (nSPS) is 19.5. The predicted molar refractivity (Wildman–Crippen MR) is 158 cm³/mol. The third kappa shape index (κ3) is 5.71. The number of aryl methyl sites for hydroxylation is 1. The average Bonchev–Trinajstić information content (AvgIpc) is 3.33. The number of hydrogen-bond acceptors (Lipinski definition) is 8. The summed E-state index contributed by atoms with van der Waals surface area (Å²) in [7, 11) is 1.72. The monoisotopic (exact) mass is 574 g/mol. The molecule has 2 aromatic carbocycles. The van der Waals surface area contributed by atoms with Gasteiger partial charge in [-0.15, -0.1) is 0 Å². The van der Waals surface area contributed by atoms with Crippen molar-refractivity contribution in [2.24, 2.45) is 7.05 Å². The van der Waals surface area contributed by atoms with Gasteiger partial charge in [-0.3, -0.25) is 14.3 Å². The van der Waals surface area contributed by atoms with E-state index in [1.807, 2.05) is 6.07 Å². The summed E-state index contributed by atoms with van der Waals surface area (Å²) in [5, 5.41) is 11.8. The first-order valence-electron chi connectivity index (χ1n) is 14.4. The van der Waals surface area contributed by atoms with E-state index in [0.717, 1.165) is 43.5 Å². The maximum Gasteiger partial charge on any atom is 0.317 e. The van der Waals surface area contributed by atoms with Crippen LogP contribution in [0, 0.1) is 5.82 Å². The number of nitrogens with zero attached hydrogens (tertiary/aromatic N) is 6.